The average Bonchev–Trinajstić information content (AvgIpc) is 2.49. The van der Waals surface area contributed by atoms with Crippen LogP contribution in [0.3, 0.4) is 0 Å². The molecular weight excluding hydrogens is 403 g/mol. The predicted molar refractivity (Wildman–Crippen MR) is 140 cm³/mol. The second-order valence-electron chi connectivity index (χ2n) is 13.1. The smallest absolute Gasteiger partial charge is 0.119 e. The van der Waals surface area contributed by atoms with Crippen molar-refractivity contribution >= 4 is 29.6 Å². The minimum Gasteiger partial charge on any atom is -0.508 e. The summed E-state index contributed by atoms with van der Waals surface area (Å²) in [5.41, 5.74) is 6.32. The van der Waals surface area contributed by atoms with E-state index in [2.05, 4.69) is 95.2 Å². The molecule has 0 fully saturated rings. The van der Waals surface area contributed by atoms with Gasteiger partial charge in [-0.15, -0.1) is 0 Å². The third-order valence-corrected chi connectivity index (χ3v) is 6.05. The molecule has 32 heavy (non-hydrogen) atoms. The summed E-state index contributed by atoms with van der Waals surface area (Å²) in [5.74, 6) is 0.704. The monoisotopic (exact) mass is 447 g/mol. The van der Waals surface area contributed by atoms with Crippen LogP contribution >= 0.6 is 0 Å². The summed E-state index contributed by atoms with van der Waals surface area (Å²) in [6.07, 6.45) is 0.682. The van der Waals surface area contributed by atoms with Crippen LogP contribution in [0.5, 0.6) is 11.5 Å². The zero-order valence-electron chi connectivity index (χ0n) is 22.9. The molecule has 0 saturated carbocycles. The Morgan fingerprint density at radius 3 is 1.00 bits per heavy atom. The van der Waals surface area contributed by atoms with Crippen molar-refractivity contribution < 1.29 is 10.2 Å². The second-order valence-corrected chi connectivity index (χ2v) is 13.1. The Morgan fingerprint density at radius 1 is 0.500 bits per heavy atom. The summed E-state index contributed by atoms with van der Waals surface area (Å²) in [6.45, 7) is 26.4. The van der Waals surface area contributed by atoms with E-state index < -0.39 is 0 Å². The standard InChI is InChI=1S/C29H44O2.Na/c1-26(2,3)20-13-15-22(30)24(28(7,8)9)18(20)17-19-21(27(4,5)6)14-16-23(31)25(19)29(10,11)12;/h13-16,30-31H,17H2,1-12H3;. The van der Waals surface area contributed by atoms with Crippen LogP contribution in [-0.2, 0) is 28.1 Å². The van der Waals surface area contributed by atoms with Crippen LogP contribution in [0.15, 0.2) is 24.3 Å². The largest absolute Gasteiger partial charge is 0.508 e. The van der Waals surface area contributed by atoms with Gasteiger partial charge in [-0.25, -0.2) is 0 Å². The number of benzene rings is 2. The number of phenols is 2. The second kappa shape index (κ2) is 9.35. The molecule has 0 aliphatic carbocycles. The minimum atomic E-state index is -0.207. The third-order valence-electron chi connectivity index (χ3n) is 6.05. The molecule has 2 rings (SSSR count). The van der Waals surface area contributed by atoms with Crippen LogP contribution in [0.2, 0.25) is 0 Å². The molecule has 1 radical (unpaired) electrons. The number of rotatable bonds is 2. The fourth-order valence-corrected chi connectivity index (χ4v) is 4.89. The van der Waals surface area contributed by atoms with Crippen molar-refractivity contribution in [1.29, 1.82) is 0 Å². The van der Waals surface area contributed by atoms with Crippen LogP contribution in [0.4, 0.5) is 0 Å². The molecule has 0 unspecified atom stereocenters. The van der Waals surface area contributed by atoms with Crippen molar-refractivity contribution in [1.82, 2.24) is 0 Å². The predicted octanol–water partition coefficient (Wildman–Crippen LogP) is 7.50. The first-order valence-electron chi connectivity index (χ1n) is 11.5. The fourth-order valence-electron chi connectivity index (χ4n) is 4.89. The van der Waals surface area contributed by atoms with Gasteiger partial charge in [-0.2, -0.15) is 0 Å². The maximum Gasteiger partial charge on any atom is 0.119 e. The molecule has 0 atom stereocenters. The molecule has 2 aromatic rings. The quantitative estimate of drug-likeness (QED) is 0.468. The van der Waals surface area contributed by atoms with Gasteiger partial charge in [-0.3, -0.25) is 0 Å². The molecule has 2 N–H and O–H groups in total. The summed E-state index contributed by atoms with van der Waals surface area (Å²) < 4.78 is 0. The van der Waals surface area contributed by atoms with E-state index in [0.717, 1.165) is 11.1 Å². The maximum atomic E-state index is 11.0. The van der Waals surface area contributed by atoms with Gasteiger partial charge in [0.05, 0.1) is 0 Å². The van der Waals surface area contributed by atoms with Gasteiger partial charge >= 0.3 is 0 Å². The van der Waals surface area contributed by atoms with Crippen LogP contribution in [-0.4, -0.2) is 39.8 Å². The molecule has 0 spiro atoms. The first kappa shape index (κ1) is 29.1. The molecule has 2 nitrogen and oxygen atoms in total. The average molecular weight is 448 g/mol. The van der Waals surface area contributed by atoms with Gasteiger partial charge in [-0.1, -0.05) is 95.2 Å². The SMILES string of the molecule is CC(C)(C)c1ccc(O)c(C(C)(C)C)c1Cc1c(C(C)(C)C)ccc(O)c1C(C)(C)C.[Na]. The molecular formula is C29H44NaO2. The Bertz CT molecular complexity index is 880. The normalized spacial score (nSPS) is 13.1. The van der Waals surface area contributed by atoms with Crippen molar-refractivity contribution in [2.75, 3.05) is 0 Å². The number of aromatic hydroxyl groups is 2. The van der Waals surface area contributed by atoms with Gasteiger partial charge in [0, 0.05) is 40.7 Å². The van der Waals surface area contributed by atoms with Crippen molar-refractivity contribution in [3.8, 4) is 11.5 Å². The van der Waals surface area contributed by atoms with Crippen LogP contribution in [0, 0.1) is 0 Å². The first-order chi connectivity index (χ1) is 13.8. The van der Waals surface area contributed by atoms with Crippen LogP contribution in [0.25, 0.3) is 0 Å². The van der Waals surface area contributed by atoms with Gasteiger partial charge in [0.1, 0.15) is 11.5 Å². The van der Waals surface area contributed by atoms with E-state index >= 15 is 0 Å². The molecule has 0 aromatic heterocycles. The first-order valence-corrected chi connectivity index (χ1v) is 11.5. The maximum absolute atomic E-state index is 11.0. The molecule has 0 bridgehead atoms. The molecule has 0 saturated heterocycles. The van der Waals surface area contributed by atoms with E-state index in [-0.39, 0.29) is 51.2 Å². The Hall–Kier alpha value is -0.960. The van der Waals surface area contributed by atoms with Crippen molar-refractivity contribution in [2.24, 2.45) is 0 Å². The van der Waals surface area contributed by atoms with E-state index in [1.165, 1.54) is 22.3 Å². The topological polar surface area (TPSA) is 40.5 Å². The number of hydrogen-bond donors (Lipinski definition) is 2. The Balaban J connectivity index is 0.00000512. The van der Waals surface area contributed by atoms with Gasteiger partial charge in [0.25, 0.3) is 0 Å². The van der Waals surface area contributed by atoms with E-state index in [4.69, 9.17) is 0 Å². The molecule has 0 heterocycles. The van der Waals surface area contributed by atoms with Crippen molar-refractivity contribution in [3.05, 3.63) is 57.6 Å². The molecule has 3 heteroatoms. The zero-order chi connectivity index (χ0) is 24.2. The molecule has 0 aliphatic rings. The minimum absolute atomic E-state index is 0. The van der Waals surface area contributed by atoms with E-state index in [1.807, 2.05) is 12.1 Å². The summed E-state index contributed by atoms with van der Waals surface area (Å²) in [7, 11) is 0. The Morgan fingerprint density at radius 2 is 0.781 bits per heavy atom. The van der Waals surface area contributed by atoms with Crippen molar-refractivity contribution in [2.45, 2.75) is 111 Å². The van der Waals surface area contributed by atoms with Crippen LogP contribution < -0.4 is 0 Å². The molecule has 0 amide bonds. The summed E-state index contributed by atoms with van der Waals surface area (Å²) in [5, 5.41) is 21.9. The van der Waals surface area contributed by atoms with Crippen LogP contribution in [0.1, 0.15) is 116 Å². The van der Waals surface area contributed by atoms with Gasteiger partial charge < -0.3 is 10.2 Å². The summed E-state index contributed by atoms with van der Waals surface area (Å²) >= 11 is 0. The molecule has 0 aliphatic heterocycles. The number of hydrogen-bond acceptors (Lipinski definition) is 2. The number of phenolic OH excluding ortho intramolecular Hbond substituents is 2. The Labute approximate surface area is 219 Å². The van der Waals surface area contributed by atoms with E-state index in [9.17, 15) is 10.2 Å². The van der Waals surface area contributed by atoms with E-state index in [0.29, 0.717) is 17.9 Å². The summed E-state index contributed by atoms with van der Waals surface area (Å²) in [6, 6.07) is 7.86. The fraction of sp³-hybridized carbons (Fsp3) is 0.586. The third kappa shape index (κ3) is 6.13. The van der Waals surface area contributed by atoms with Crippen molar-refractivity contribution in [3.63, 3.8) is 0 Å². The van der Waals surface area contributed by atoms with Gasteiger partial charge in [0.2, 0.25) is 0 Å². The molecule has 2 aromatic carbocycles. The Kier molecular flexibility index (Phi) is 8.50. The zero-order valence-corrected chi connectivity index (χ0v) is 24.9. The summed E-state index contributed by atoms with van der Waals surface area (Å²) in [4.78, 5) is 0. The van der Waals surface area contributed by atoms with E-state index in [1.54, 1.807) is 0 Å². The van der Waals surface area contributed by atoms with Gasteiger partial charge in [0.15, 0.2) is 0 Å². The molecule has 173 valence electrons. The van der Waals surface area contributed by atoms with Gasteiger partial charge in [-0.05, 0) is 62.5 Å².